The standard InChI is InChI=1S/C15H16O3/c1-15(2,14(16)17-3)18-13-10-6-8-11-7-4-5-9-12(11)13/h4-10H,1-3H3. The average molecular weight is 244 g/mol. The number of carbonyl (C=O) groups excluding carboxylic acids is 1. The summed E-state index contributed by atoms with van der Waals surface area (Å²) in [5.74, 6) is 0.291. The molecule has 2 rings (SSSR count). The van der Waals surface area contributed by atoms with Crippen molar-refractivity contribution in [3.63, 3.8) is 0 Å². The molecule has 3 heteroatoms. The van der Waals surface area contributed by atoms with E-state index in [2.05, 4.69) is 0 Å². The van der Waals surface area contributed by atoms with Crippen molar-refractivity contribution in [3.05, 3.63) is 42.5 Å². The Bertz CT molecular complexity index is 567. The van der Waals surface area contributed by atoms with Crippen molar-refractivity contribution in [2.45, 2.75) is 19.4 Å². The number of hydrogen-bond acceptors (Lipinski definition) is 3. The average Bonchev–Trinajstić information content (AvgIpc) is 2.38. The van der Waals surface area contributed by atoms with Crippen LogP contribution in [0.2, 0.25) is 0 Å². The first-order valence-electron chi connectivity index (χ1n) is 5.80. The fourth-order valence-electron chi connectivity index (χ4n) is 1.85. The molecule has 94 valence electrons. The largest absolute Gasteiger partial charge is 0.476 e. The highest BCUT2D eigenvalue weighted by Crippen LogP contribution is 2.28. The van der Waals surface area contributed by atoms with Crippen molar-refractivity contribution in [1.29, 1.82) is 0 Å². The Kier molecular flexibility index (Phi) is 3.24. The highest BCUT2D eigenvalue weighted by Gasteiger charge is 2.31. The number of methoxy groups -OCH3 is 1. The molecule has 2 aromatic rings. The van der Waals surface area contributed by atoms with Crippen molar-refractivity contribution in [3.8, 4) is 5.75 Å². The van der Waals surface area contributed by atoms with Gasteiger partial charge in [-0.3, -0.25) is 0 Å². The van der Waals surface area contributed by atoms with Crippen molar-refractivity contribution in [2.75, 3.05) is 7.11 Å². The summed E-state index contributed by atoms with van der Waals surface area (Å²) in [4.78, 5) is 11.6. The first-order chi connectivity index (χ1) is 8.54. The smallest absolute Gasteiger partial charge is 0.349 e. The van der Waals surface area contributed by atoms with Crippen LogP contribution in [-0.2, 0) is 9.53 Å². The van der Waals surface area contributed by atoms with Crippen LogP contribution >= 0.6 is 0 Å². The fourth-order valence-corrected chi connectivity index (χ4v) is 1.85. The second-order valence-corrected chi connectivity index (χ2v) is 4.58. The van der Waals surface area contributed by atoms with Crippen molar-refractivity contribution in [2.24, 2.45) is 0 Å². The molecule has 0 amide bonds. The molecule has 0 aliphatic carbocycles. The molecule has 0 aliphatic heterocycles. The van der Waals surface area contributed by atoms with Crippen molar-refractivity contribution < 1.29 is 14.3 Å². The van der Waals surface area contributed by atoms with Crippen molar-refractivity contribution >= 4 is 16.7 Å². The van der Waals surface area contributed by atoms with Gasteiger partial charge in [0.25, 0.3) is 0 Å². The van der Waals surface area contributed by atoms with E-state index in [1.54, 1.807) is 13.8 Å². The Morgan fingerprint density at radius 2 is 1.72 bits per heavy atom. The number of hydrogen-bond donors (Lipinski definition) is 0. The highest BCUT2D eigenvalue weighted by molar-refractivity contribution is 5.89. The predicted molar refractivity (Wildman–Crippen MR) is 70.7 cm³/mol. The SMILES string of the molecule is COC(=O)C(C)(C)Oc1cccc2ccccc12. The molecule has 0 aromatic heterocycles. The summed E-state index contributed by atoms with van der Waals surface area (Å²) in [6.07, 6.45) is 0. The Labute approximate surface area is 106 Å². The quantitative estimate of drug-likeness (QED) is 0.778. The molecular formula is C15H16O3. The van der Waals surface area contributed by atoms with Crippen LogP contribution in [0.5, 0.6) is 5.75 Å². The van der Waals surface area contributed by atoms with Crippen molar-refractivity contribution in [1.82, 2.24) is 0 Å². The maximum Gasteiger partial charge on any atom is 0.349 e. The Morgan fingerprint density at radius 3 is 2.44 bits per heavy atom. The molecule has 0 heterocycles. The number of ether oxygens (including phenoxy) is 2. The molecule has 0 spiro atoms. The molecule has 0 radical (unpaired) electrons. The normalized spacial score (nSPS) is 11.3. The van der Waals surface area contributed by atoms with Crippen LogP contribution in [0.3, 0.4) is 0 Å². The van der Waals surface area contributed by atoms with Gasteiger partial charge in [-0.1, -0.05) is 36.4 Å². The van der Waals surface area contributed by atoms with Crippen LogP contribution in [0.1, 0.15) is 13.8 Å². The summed E-state index contributed by atoms with van der Waals surface area (Å²) in [6, 6.07) is 13.7. The Hall–Kier alpha value is -2.03. The zero-order chi connectivity index (χ0) is 13.2. The second-order valence-electron chi connectivity index (χ2n) is 4.58. The minimum Gasteiger partial charge on any atom is -0.476 e. The van der Waals surface area contributed by atoms with Gasteiger partial charge < -0.3 is 9.47 Å². The molecule has 0 aliphatic rings. The third-order valence-corrected chi connectivity index (χ3v) is 2.79. The molecule has 0 atom stereocenters. The molecule has 0 unspecified atom stereocenters. The van der Waals surface area contributed by atoms with E-state index in [-0.39, 0.29) is 0 Å². The van der Waals surface area contributed by atoms with Crippen LogP contribution in [0.15, 0.2) is 42.5 Å². The summed E-state index contributed by atoms with van der Waals surface area (Å²) in [5, 5.41) is 2.06. The van der Waals surface area contributed by atoms with Gasteiger partial charge in [-0.15, -0.1) is 0 Å². The van der Waals surface area contributed by atoms with Gasteiger partial charge in [-0.25, -0.2) is 4.79 Å². The zero-order valence-corrected chi connectivity index (χ0v) is 10.8. The van der Waals surface area contributed by atoms with E-state index < -0.39 is 11.6 Å². The van der Waals surface area contributed by atoms with E-state index in [1.165, 1.54) is 7.11 Å². The number of esters is 1. The molecule has 0 saturated heterocycles. The lowest BCUT2D eigenvalue weighted by Crippen LogP contribution is -2.39. The third kappa shape index (κ3) is 2.30. The van der Waals surface area contributed by atoms with E-state index in [4.69, 9.17) is 9.47 Å². The number of rotatable bonds is 3. The van der Waals surface area contributed by atoms with Gasteiger partial charge in [-0.05, 0) is 25.3 Å². The molecular weight excluding hydrogens is 228 g/mol. The minimum absolute atomic E-state index is 0.393. The van der Waals surface area contributed by atoms with Gasteiger partial charge in [0, 0.05) is 5.39 Å². The van der Waals surface area contributed by atoms with E-state index in [0.717, 1.165) is 10.8 Å². The van der Waals surface area contributed by atoms with E-state index in [1.807, 2.05) is 42.5 Å². The summed E-state index contributed by atoms with van der Waals surface area (Å²) in [6.45, 7) is 3.39. The first kappa shape index (κ1) is 12.4. The molecule has 18 heavy (non-hydrogen) atoms. The van der Waals surface area contributed by atoms with Crippen LogP contribution in [0.4, 0.5) is 0 Å². The summed E-state index contributed by atoms with van der Waals surface area (Å²) in [7, 11) is 1.36. The molecule has 2 aromatic carbocycles. The molecule has 0 saturated carbocycles. The topological polar surface area (TPSA) is 35.5 Å². The first-order valence-corrected chi connectivity index (χ1v) is 5.80. The highest BCUT2D eigenvalue weighted by atomic mass is 16.6. The second kappa shape index (κ2) is 4.69. The number of carbonyl (C=O) groups is 1. The van der Waals surface area contributed by atoms with E-state index in [0.29, 0.717) is 5.75 Å². The summed E-state index contributed by atoms with van der Waals surface area (Å²) >= 11 is 0. The zero-order valence-electron chi connectivity index (χ0n) is 10.8. The summed E-state index contributed by atoms with van der Waals surface area (Å²) in [5.41, 5.74) is -1.00. The lowest BCUT2D eigenvalue weighted by molar-refractivity contribution is -0.155. The van der Waals surface area contributed by atoms with Crippen LogP contribution in [0, 0.1) is 0 Å². The molecule has 0 fully saturated rings. The molecule has 0 bridgehead atoms. The lowest BCUT2D eigenvalue weighted by atomic mass is 10.1. The number of benzene rings is 2. The molecule has 3 nitrogen and oxygen atoms in total. The predicted octanol–water partition coefficient (Wildman–Crippen LogP) is 3.17. The van der Waals surface area contributed by atoms with Gasteiger partial charge in [0.15, 0.2) is 5.60 Å². The monoisotopic (exact) mass is 244 g/mol. The fraction of sp³-hybridized carbons (Fsp3) is 0.267. The Morgan fingerprint density at radius 1 is 1.06 bits per heavy atom. The van der Waals surface area contributed by atoms with E-state index in [9.17, 15) is 4.79 Å². The maximum atomic E-state index is 11.6. The number of fused-ring (bicyclic) bond motifs is 1. The maximum absolute atomic E-state index is 11.6. The Balaban J connectivity index is 2.41. The lowest BCUT2D eigenvalue weighted by Gasteiger charge is -2.24. The van der Waals surface area contributed by atoms with E-state index >= 15 is 0 Å². The van der Waals surface area contributed by atoms with Crippen LogP contribution < -0.4 is 4.74 Å². The molecule has 0 N–H and O–H groups in total. The summed E-state index contributed by atoms with van der Waals surface area (Å²) < 4.78 is 10.5. The van der Waals surface area contributed by atoms with Gasteiger partial charge in [0.05, 0.1) is 7.11 Å². The van der Waals surface area contributed by atoms with Gasteiger partial charge in [0.1, 0.15) is 5.75 Å². The third-order valence-electron chi connectivity index (χ3n) is 2.79. The van der Waals surface area contributed by atoms with Gasteiger partial charge >= 0.3 is 5.97 Å². The van der Waals surface area contributed by atoms with Gasteiger partial charge in [-0.2, -0.15) is 0 Å². The van der Waals surface area contributed by atoms with Crippen LogP contribution in [-0.4, -0.2) is 18.7 Å². The minimum atomic E-state index is -1.00. The van der Waals surface area contributed by atoms with Crippen LogP contribution in [0.25, 0.3) is 10.8 Å². The van der Waals surface area contributed by atoms with Gasteiger partial charge in [0.2, 0.25) is 0 Å².